The molecule has 11 nitrogen and oxygen atoms in total. The summed E-state index contributed by atoms with van der Waals surface area (Å²) in [6.07, 6.45) is -0.0960. The number of hydrogen-bond donors (Lipinski definition) is 1. The minimum Gasteiger partial charge on any atom is -0.493 e. The fraction of sp³-hybridized carbons (Fsp3) is 0.241. The Bertz CT molecular complexity index is 1590. The number of rotatable bonds is 12. The van der Waals surface area contributed by atoms with Gasteiger partial charge in [-0.3, -0.25) is 4.79 Å². The van der Waals surface area contributed by atoms with E-state index >= 15 is 0 Å². The van der Waals surface area contributed by atoms with E-state index in [0.717, 1.165) is 11.7 Å². The molecule has 1 N–H and O–H groups in total. The van der Waals surface area contributed by atoms with Gasteiger partial charge in [0.2, 0.25) is 11.5 Å². The average Bonchev–Trinajstić information content (AvgIpc) is 3.46. The van der Waals surface area contributed by atoms with Crippen LogP contribution in [-0.2, 0) is 11.2 Å². The molecule has 0 unspecified atom stereocenters. The molecule has 1 aromatic heterocycles. The number of allylic oxidation sites excluding steroid dienone is 1. The number of Topliss-reactive ketones (excluding diaryl/α,β-unsaturated/α-hetero) is 1. The third-order valence-corrected chi connectivity index (χ3v) is 6.92. The van der Waals surface area contributed by atoms with E-state index in [2.05, 4.69) is 8.75 Å². The number of aliphatic carboxylic acids is 1. The van der Waals surface area contributed by atoms with Crippen LogP contribution in [0.15, 0.2) is 48.0 Å². The van der Waals surface area contributed by atoms with Gasteiger partial charge in [0.05, 0.1) is 60.0 Å². The summed E-state index contributed by atoms with van der Waals surface area (Å²) >= 11 is 1.01. The van der Waals surface area contributed by atoms with Crippen molar-refractivity contribution in [3.8, 4) is 34.5 Å². The highest BCUT2D eigenvalue weighted by Gasteiger charge is 2.27. The van der Waals surface area contributed by atoms with Gasteiger partial charge in [-0.25, -0.2) is 4.79 Å². The van der Waals surface area contributed by atoms with Gasteiger partial charge in [-0.15, -0.1) is 0 Å². The largest absolute Gasteiger partial charge is 0.493 e. The second-order valence-corrected chi connectivity index (χ2v) is 9.11. The van der Waals surface area contributed by atoms with E-state index in [1.165, 1.54) is 54.8 Å². The minimum absolute atomic E-state index is 0.0106. The number of carbonyl (C=O) groups is 2. The first kappa shape index (κ1) is 29.2. The summed E-state index contributed by atoms with van der Waals surface area (Å²) < 4.78 is 41.1. The number of methoxy groups -OCH3 is 6. The lowest BCUT2D eigenvalue weighted by atomic mass is 9.89. The van der Waals surface area contributed by atoms with Gasteiger partial charge < -0.3 is 33.5 Å². The standard InChI is InChI=1S/C29H28N2O9S/c1-35-21-10-15(11-22(36-2)27(21)39-5)9-18(25(29(33)34)16-7-8-19-20(12-16)31-41-30-19)26(32)17-13-23(37-3)28(40-6)24(14-17)38-4/h7-8,10-14H,9H2,1-6H3,(H,33,34)/b25-18+. The van der Waals surface area contributed by atoms with Crippen molar-refractivity contribution in [2.75, 3.05) is 42.7 Å². The summed E-state index contributed by atoms with van der Waals surface area (Å²) in [5, 5.41) is 10.5. The molecule has 0 atom stereocenters. The highest BCUT2D eigenvalue weighted by molar-refractivity contribution is 7.00. The minimum atomic E-state index is -1.30. The molecule has 0 aliphatic rings. The molecule has 41 heavy (non-hydrogen) atoms. The van der Waals surface area contributed by atoms with Gasteiger partial charge >= 0.3 is 5.97 Å². The van der Waals surface area contributed by atoms with Crippen LogP contribution < -0.4 is 28.4 Å². The molecule has 4 aromatic rings. The second-order valence-electron chi connectivity index (χ2n) is 8.58. The Morgan fingerprint density at radius 3 is 1.68 bits per heavy atom. The number of carboxylic acid groups (broad SMARTS) is 1. The van der Waals surface area contributed by atoms with Crippen molar-refractivity contribution in [3.63, 3.8) is 0 Å². The lowest BCUT2D eigenvalue weighted by molar-refractivity contribution is -0.130. The lowest BCUT2D eigenvalue weighted by Gasteiger charge is -2.18. The maximum atomic E-state index is 14.3. The van der Waals surface area contributed by atoms with Crippen molar-refractivity contribution in [1.29, 1.82) is 0 Å². The van der Waals surface area contributed by atoms with Gasteiger partial charge in [0.15, 0.2) is 28.8 Å². The topological polar surface area (TPSA) is 136 Å². The molecule has 214 valence electrons. The maximum Gasteiger partial charge on any atom is 0.336 e. The molecule has 0 saturated heterocycles. The van der Waals surface area contributed by atoms with Crippen molar-refractivity contribution in [3.05, 3.63) is 64.7 Å². The van der Waals surface area contributed by atoms with Crippen LogP contribution in [0.1, 0.15) is 21.5 Å². The summed E-state index contributed by atoms with van der Waals surface area (Å²) in [5.74, 6) is -0.00518. The molecule has 0 fully saturated rings. The van der Waals surface area contributed by atoms with Crippen molar-refractivity contribution in [2.45, 2.75) is 6.42 Å². The van der Waals surface area contributed by atoms with Crippen molar-refractivity contribution in [2.24, 2.45) is 0 Å². The second kappa shape index (κ2) is 12.6. The SMILES string of the molecule is COc1cc(C/C(C(=O)c2cc(OC)c(OC)c(OC)c2)=C(\C(=O)O)c2ccc3nsnc3c2)cc(OC)c1OC. The predicted octanol–water partition coefficient (Wildman–Crippen LogP) is 4.71. The Balaban J connectivity index is 1.99. The zero-order chi connectivity index (χ0) is 29.7. The van der Waals surface area contributed by atoms with Gasteiger partial charge in [-0.1, -0.05) is 6.07 Å². The molecule has 12 heteroatoms. The Morgan fingerprint density at radius 1 is 0.683 bits per heavy atom. The summed E-state index contributed by atoms with van der Waals surface area (Å²) in [4.78, 5) is 27.1. The molecule has 0 bridgehead atoms. The number of ketones is 1. The zero-order valence-corrected chi connectivity index (χ0v) is 24.1. The van der Waals surface area contributed by atoms with E-state index in [1.54, 1.807) is 30.3 Å². The predicted molar refractivity (Wildman–Crippen MR) is 152 cm³/mol. The van der Waals surface area contributed by atoms with Gasteiger partial charge in [0.1, 0.15) is 11.0 Å². The van der Waals surface area contributed by atoms with E-state index in [4.69, 9.17) is 28.4 Å². The van der Waals surface area contributed by atoms with Crippen LogP contribution in [0, 0.1) is 0 Å². The molecule has 0 aliphatic heterocycles. The number of fused-ring (bicyclic) bond motifs is 1. The number of nitrogens with zero attached hydrogens (tertiary/aromatic N) is 2. The first-order valence-electron chi connectivity index (χ1n) is 12.1. The quantitative estimate of drug-likeness (QED) is 0.184. The third kappa shape index (κ3) is 5.73. The fourth-order valence-corrected chi connectivity index (χ4v) is 4.99. The van der Waals surface area contributed by atoms with Crippen molar-refractivity contribution in [1.82, 2.24) is 8.75 Å². The summed E-state index contributed by atoms with van der Waals surface area (Å²) in [6.45, 7) is 0. The van der Waals surface area contributed by atoms with Gasteiger partial charge in [0.25, 0.3) is 0 Å². The first-order valence-corrected chi connectivity index (χ1v) is 12.9. The molecule has 4 rings (SSSR count). The van der Waals surface area contributed by atoms with Crippen LogP contribution in [-0.4, -0.2) is 68.3 Å². The van der Waals surface area contributed by atoms with Crippen LogP contribution in [0.5, 0.6) is 34.5 Å². The smallest absolute Gasteiger partial charge is 0.336 e. The Labute approximate surface area is 240 Å². The summed E-state index contributed by atoms with van der Waals surface area (Å²) in [5.41, 5.74) is 1.89. The molecule has 0 amide bonds. The van der Waals surface area contributed by atoms with E-state index in [-0.39, 0.29) is 34.6 Å². The first-order chi connectivity index (χ1) is 19.8. The van der Waals surface area contributed by atoms with Gasteiger partial charge in [0, 0.05) is 17.6 Å². The number of carboxylic acids is 1. The van der Waals surface area contributed by atoms with E-state index in [9.17, 15) is 14.7 Å². The highest BCUT2D eigenvalue weighted by atomic mass is 32.1. The molecule has 0 radical (unpaired) electrons. The van der Waals surface area contributed by atoms with Crippen LogP contribution in [0.4, 0.5) is 0 Å². The Morgan fingerprint density at radius 2 is 1.20 bits per heavy atom. The van der Waals surface area contributed by atoms with E-state index in [0.29, 0.717) is 45.2 Å². The molecule has 0 spiro atoms. The van der Waals surface area contributed by atoms with Gasteiger partial charge in [-0.05, 0) is 47.5 Å². The highest BCUT2D eigenvalue weighted by Crippen LogP contribution is 2.41. The number of benzene rings is 3. The Kier molecular flexibility index (Phi) is 8.93. The molecule has 3 aromatic carbocycles. The molecular formula is C29H28N2O9S. The van der Waals surface area contributed by atoms with Crippen LogP contribution in [0.3, 0.4) is 0 Å². The van der Waals surface area contributed by atoms with Gasteiger partial charge in [-0.2, -0.15) is 8.75 Å². The molecule has 0 saturated carbocycles. The van der Waals surface area contributed by atoms with E-state index < -0.39 is 11.8 Å². The lowest BCUT2D eigenvalue weighted by Crippen LogP contribution is -2.15. The monoisotopic (exact) mass is 580 g/mol. The third-order valence-electron chi connectivity index (χ3n) is 6.36. The van der Waals surface area contributed by atoms with Crippen LogP contribution in [0.2, 0.25) is 0 Å². The fourth-order valence-electron chi connectivity index (χ4n) is 4.47. The van der Waals surface area contributed by atoms with Crippen molar-refractivity contribution >= 4 is 40.1 Å². The molecule has 0 aliphatic carbocycles. The van der Waals surface area contributed by atoms with Crippen molar-refractivity contribution < 1.29 is 43.1 Å². The zero-order valence-electron chi connectivity index (χ0n) is 23.3. The van der Waals surface area contributed by atoms with Crippen LogP contribution >= 0.6 is 11.7 Å². The summed E-state index contributed by atoms with van der Waals surface area (Å²) in [6, 6.07) is 11.1. The number of carbonyl (C=O) groups excluding carboxylic acids is 1. The average molecular weight is 581 g/mol. The normalized spacial score (nSPS) is 11.5. The van der Waals surface area contributed by atoms with Crippen LogP contribution in [0.25, 0.3) is 16.6 Å². The maximum absolute atomic E-state index is 14.3. The number of ether oxygens (including phenoxy) is 6. The number of aromatic nitrogens is 2. The molecule has 1 heterocycles. The number of hydrogen-bond acceptors (Lipinski definition) is 11. The molecular weight excluding hydrogens is 552 g/mol. The Hall–Kier alpha value is -4.84. The summed E-state index contributed by atoms with van der Waals surface area (Å²) in [7, 11) is 8.72. The van der Waals surface area contributed by atoms with E-state index in [1.807, 2.05) is 0 Å².